The highest BCUT2D eigenvalue weighted by molar-refractivity contribution is 7.51. The van der Waals surface area contributed by atoms with Gasteiger partial charge in [0.15, 0.2) is 0 Å². The van der Waals surface area contributed by atoms with E-state index in [1.807, 2.05) is 49.4 Å². The highest BCUT2D eigenvalue weighted by Crippen LogP contribution is 2.37. The molecule has 3 rings (SSSR count). The van der Waals surface area contributed by atoms with Gasteiger partial charge in [-0.2, -0.15) is 0 Å². The topological polar surface area (TPSA) is 92.8 Å². The van der Waals surface area contributed by atoms with E-state index >= 15 is 0 Å². The molecule has 0 spiro atoms. The van der Waals surface area contributed by atoms with Crippen molar-refractivity contribution in [1.82, 2.24) is 0 Å². The fraction of sp³-hybridized carbons (Fsp3) is 0.304. The van der Waals surface area contributed by atoms with Crippen LogP contribution in [0.3, 0.4) is 0 Å². The average Bonchev–Trinajstić information content (AvgIpc) is 3.19. The summed E-state index contributed by atoms with van der Waals surface area (Å²) >= 11 is 1.72. The standard InChI is InChI=1S/C23H28NO4PS/c1-23(24,15-16-29(25,26)27)14-13-21-11-12-22(30-21)19-7-9-20(10-8-19)28-17-18-5-3-2-4-6-18/h2-12H,13-17,24H2,1H3,(H2,25,26,27). The van der Waals surface area contributed by atoms with Crippen molar-refractivity contribution in [3.05, 3.63) is 77.2 Å². The maximum atomic E-state index is 11.1. The zero-order valence-corrected chi connectivity index (χ0v) is 18.7. The van der Waals surface area contributed by atoms with E-state index in [-0.39, 0.29) is 6.16 Å². The lowest BCUT2D eigenvalue weighted by molar-refractivity contribution is 0.306. The second-order valence-corrected chi connectivity index (χ2v) is 10.8. The summed E-state index contributed by atoms with van der Waals surface area (Å²) in [6.07, 6.45) is 1.60. The zero-order chi connectivity index (χ0) is 21.6. The Labute approximate surface area is 181 Å². The van der Waals surface area contributed by atoms with Crippen LogP contribution in [0.25, 0.3) is 10.4 Å². The van der Waals surface area contributed by atoms with E-state index in [1.165, 1.54) is 9.75 Å². The third-order valence-corrected chi connectivity index (χ3v) is 6.97. The molecule has 3 aromatic rings. The number of ether oxygens (including phenoxy) is 1. The lowest BCUT2D eigenvalue weighted by Gasteiger charge is -2.24. The SMILES string of the molecule is CC(N)(CCc1ccc(-c2ccc(OCc3ccccc3)cc2)s1)CCP(=O)(O)O. The Morgan fingerprint density at radius 2 is 1.70 bits per heavy atom. The average molecular weight is 446 g/mol. The van der Waals surface area contributed by atoms with Crippen molar-refractivity contribution in [3.8, 4) is 16.2 Å². The van der Waals surface area contributed by atoms with Crippen molar-refractivity contribution < 1.29 is 19.1 Å². The molecule has 0 radical (unpaired) electrons. The van der Waals surface area contributed by atoms with Gasteiger partial charge in [-0.1, -0.05) is 30.3 Å². The predicted octanol–water partition coefficient (Wildman–Crippen LogP) is 5.21. The van der Waals surface area contributed by atoms with Gasteiger partial charge in [-0.25, -0.2) is 0 Å². The molecule has 0 amide bonds. The summed E-state index contributed by atoms with van der Waals surface area (Å²) in [5, 5.41) is 0. The van der Waals surface area contributed by atoms with Crippen LogP contribution in [-0.4, -0.2) is 21.5 Å². The summed E-state index contributed by atoms with van der Waals surface area (Å²) in [5.74, 6) is 0.836. The predicted molar refractivity (Wildman–Crippen MR) is 123 cm³/mol. The maximum Gasteiger partial charge on any atom is 0.325 e. The number of thiophene rings is 1. The van der Waals surface area contributed by atoms with E-state index in [9.17, 15) is 4.57 Å². The lowest BCUT2D eigenvalue weighted by atomic mass is 9.94. The molecule has 4 N–H and O–H groups in total. The van der Waals surface area contributed by atoms with Crippen LogP contribution in [0.15, 0.2) is 66.7 Å². The molecule has 1 aromatic heterocycles. The summed E-state index contributed by atoms with van der Waals surface area (Å²) < 4.78 is 16.9. The second kappa shape index (κ2) is 9.90. The van der Waals surface area contributed by atoms with Crippen molar-refractivity contribution in [2.24, 2.45) is 5.73 Å². The molecule has 7 heteroatoms. The smallest absolute Gasteiger partial charge is 0.325 e. The van der Waals surface area contributed by atoms with Gasteiger partial charge in [0.2, 0.25) is 0 Å². The molecule has 1 atom stereocenters. The van der Waals surface area contributed by atoms with Gasteiger partial charge in [-0.3, -0.25) is 4.57 Å². The molecule has 2 aromatic carbocycles. The largest absolute Gasteiger partial charge is 0.489 e. The third kappa shape index (κ3) is 7.38. The van der Waals surface area contributed by atoms with E-state index in [0.717, 1.165) is 23.3 Å². The first-order valence-corrected chi connectivity index (χ1v) is 12.5. The normalized spacial score (nSPS) is 13.7. The Hall–Kier alpha value is -1.95. The van der Waals surface area contributed by atoms with Crippen LogP contribution in [-0.2, 0) is 17.6 Å². The van der Waals surface area contributed by atoms with E-state index in [0.29, 0.717) is 19.4 Å². The molecular weight excluding hydrogens is 417 g/mol. The van der Waals surface area contributed by atoms with Crippen LogP contribution in [0.5, 0.6) is 5.75 Å². The summed E-state index contributed by atoms with van der Waals surface area (Å²) in [7, 11) is -4.01. The van der Waals surface area contributed by atoms with Crippen LogP contribution in [0.4, 0.5) is 0 Å². The van der Waals surface area contributed by atoms with Gasteiger partial charge >= 0.3 is 7.60 Å². The van der Waals surface area contributed by atoms with Crippen LogP contribution in [0.2, 0.25) is 0 Å². The minimum atomic E-state index is -4.01. The Bertz CT molecular complexity index is 980. The highest BCUT2D eigenvalue weighted by Gasteiger charge is 2.23. The van der Waals surface area contributed by atoms with Crippen molar-refractivity contribution in [1.29, 1.82) is 0 Å². The molecule has 0 aliphatic carbocycles. The van der Waals surface area contributed by atoms with E-state index in [2.05, 4.69) is 24.3 Å². The first-order valence-electron chi connectivity index (χ1n) is 9.90. The molecule has 0 aliphatic heterocycles. The highest BCUT2D eigenvalue weighted by atomic mass is 32.1. The lowest BCUT2D eigenvalue weighted by Crippen LogP contribution is -2.37. The molecule has 0 saturated carbocycles. The molecular formula is C23H28NO4PS. The number of aryl methyl sites for hydroxylation is 1. The summed E-state index contributed by atoms with van der Waals surface area (Å²) in [6.45, 7) is 2.40. The molecule has 5 nitrogen and oxygen atoms in total. The number of benzene rings is 2. The monoisotopic (exact) mass is 445 g/mol. The first-order chi connectivity index (χ1) is 14.2. The summed E-state index contributed by atoms with van der Waals surface area (Å²) in [4.78, 5) is 20.5. The van der Waals surface area contributed by atoms with Gasteiger partial charge in [0, 0.05) is 15.3 Å². The molecule has 1 heterocycles. The first kappa shape index (κ1) is 22.7. The summed E-state index contributed by atoms with van der Waals surface area (Å²) in [6, 6.07) is 22.4. The Balaban J connectivity index is 1.53. The van der Waals surface area contributed by atoms with Crippen LogP contribution in [0.1, 0.15) is 30.2 Å². The van der Waals surface area contributed by atoms with E-state index in [4.69, 9.17) is 20.3 Å². The van der Waals surface area contributed by atoms with Gasteiger partial charge in [0.25, 0.3) is 0 Å². The quantitative estimate of drug-likeness (QED) is 0.373. The van der Waals surface area contributed by atoms with Gasteiger partial charge in [0.05, 0.1) is 6.16 Å². The Kier molecular flexibility index (Phi) is 7.50. The fourth-order valence-corrected chi connectivity index (χ4v) is 4.87. The second-order valence-electron chi connectivity index (χ2n) is 7.86. The number of nitrogens with two attached hydrogens (primary N) is 1. The third-order valence-electron chi connectivity index (χ3n) is 4.97. The number of rotatable bonds is 10. The van der Waals surface area contributed by atoms with Crippen molar-refractivity contribution in [2.45, 2.75) is 38.3 Å². The van der Waals surface area contributed by atoms with Crippen LogP contribution >= 0.6 is 18.9 Å². The molecule has 1 unspecified atom stereocenters. The minimum absolute atomic E-state index is 0.172. The van der Waals surface area contributed by atoms with Crippen molar-refractivity contribution in [3.63, 3.8) is 0 Å². The number of hydrogen-bond donors (Lipinski definition) is 3. The molecule has 0 fully saturated rings. The number of hydrogen-bond acceptors (Lipinski definition) is 4. The van der Waals surface area contributed by atoms with E-state index < -0.39 is 13.1 Å². The van der Waals surface area contributed by atoms with Gasteiger partial charge in [0.1, 0.15) is 12.4 Å². The zero-order valence-electron chi connectivity index (χ0n) is 17.0. The van der Waals surface area contributed by atoms with Gasteiger partial charge in [-0.05, 0) is 73.7 Å². The molecule has 0 saturated heterocycles. The Morgan fingerprint density at radius 1 is 1.00 bits per heavy atom. The molecule has 30 heavy (non-hydrogen) atoms. The molecule has 160 valence electrons. The minimum Gasteiger partial charge on any atom is -0.489 e. The fourth-order valence-electron chi connectivity index (χ4n) is 3.06. The molecule has 0 aliphatic rings. The van der Waals surface area contributed by atoms with Crippen molar-refractivity contribution in [2.75, 3.05) is 6.16 Å². The van der Waals surface area contributed by atoms with Crippen LogP contribution < -0.4 is 10.5 Å². The molecule has 0 bridgehead atoms. The van der Waals surface area contributed by atoms with Crippen LogP contribution in [0, 0.1) is 0 Å². The Morgan fingerprint density at radius 3 is 2.37 bits per heavy atom. The van der Waals surface area contributed by atoms with Gasteiger partial charge in [-0.15, -0.1) is 11.3 Å². The summed E-state index contributed by atoms with van der Waals surface area (Å²) in [5.41, 5.74) is 7.90. The van der Waals surface area contributed by atoms with E-state index in [1.54, 1.807) is 11.3 Å². The maximum absolute atomic E-state index is 11.1. The van der Waals surface area contributed by atoms with Gasteiger partial charge < -0.3 is 20.3 Å². The van der Waals surface area contributed by atoms with Crippen molar-refractivity contribution >= 4 is 18.9 Å².